The molecule has 31 heavy (non-hydrogen) atoms. The maximum absolute atomic E-state index is 13.9. The molecule has 3 fully saturated rings. The number of hydrogen-bond acceptors (Lipinski definition) is 4. The molecule has 2 amide bonds. The largest absolute Gasteiger partial charge is 0.493 e. The Balaban J connectivity index is 1.69. The maximum Gasteiger partial charge on any atom is 0.250 e. The zero-order chi connectivity index (χ0) is 22.0. The van der Waals surface area contributed by atoms with Crippen molar-refractivity contribution in [3.63, 3.8) is 0 Å². The Bertz CT molecular complexity index is 797. The molecule has 0 radical (unpaired) electrons. The standard InChI is InChI=1S/C25H36N2O4/c1-17-9-12-19(13-10-17)26-16-23(28)27(20-7-5-4-6-8-20)24(25(26)29)18-11-14-21(30-2)22(15-18)31-3/h11,14-15,17,19-20,24H,4-10,12-13,16H2,1-3H3/t17?,19?,24-/m1/s1. The number of methoxy groups -OCH3 is 2. The van der Waals surface area contributed by atoms with Crippen molar-refractivity contribution >= 4 is 11.8 Å². The summed E-state index contributed by atoms with van der Waals surface area (Å²) in [6.07, 6.45) is 9.61. The molecule has 1 atom stereocenters. The van der Waals surface area contributed by atoms with E-state index in [0.717, 1.165) is 56.9 Å². The summed E-state index contributed by atoms with van der Waals surface area (Å²) >= 11 is 0. The quantitative estimate of drug-likeness (QED) is 0.701. The van der Waals surface area contributed by atoms with Gasteiger partial charge in [0.1, 0.15) is 12.6 Å². The highest BCUT2D eigenvalue weighted by Gasteiger charge is 2.46. The highest BCUT2D eigenvalue weighted by atomic mass is 16.5. The molecule has 4 rings (SSSR count). The van der Waals surface area contributed by atoms with Crippen LogP contribution in [0, 0.1) is 5.92 Å². The number of amides is 2. The van der Waals surface area contributed by atoms with Crippen LogP contribution >= 0.6 is 0 Å². The van der Waals surface area contributed by atoms with Gasteiger partial charge in [-0.05, 0) is 62.1 Å². The summed E-state index contributed by atoms with van der Waals surface area (Å²) in [5.41, 5.74) is 0.815. The summed E-state index contributed by atoms with van der Waals surface area (Å²) in [7, 11) is 3.21. The average Bonchev–Trinajstić information content (AvgIpc) is 2.80. The molecule has 1 aromatic rings. The summed E-state index contributed by atoms with van der Waals surface area (Å²) in [6, 6.07) is 5.35. The fourth-order valence-corrected chi connectivity index (χ4v) is 5.69. The van der Waals surface area contributed by atoms with Gasteiger partial charge in [0.05, 0.1) is 14.2 Å². The highest BCUT2D eigenvalue weighted by Crippen LogP contribution is 2.39. The summed E-state index contributed by atoms with van der Waals surface area (Å²) in [5, 5.41) is 0. The van der Waals surface area contributed by atoms with Gasteiger partial charge < -0.3 is 19.3 Å². The second-order valence-corrected chi connectivity index (χ2v) is 9.49. The van der Waals surface area contributed by atoms with Crippen molar-refractivity contribution in [1.29, 1.82) is 0 Å². The van der Waals surface area contributed by atoms with Crippen molar-refractivity contribution in [2.75, 3.05) is 20.8 Å². The second kappa shape index (κ2) is 9.49. The van der Waals surface area contributed by atoms with E-state index in [0.29, 0.717) is 17.4 Å². The number of carbonyl (C=O) groups is 2. The van der Waals surface area contributed by atoms with E-state index in [1.165, 1.54) is 6.42 Å². The smallest absolute Gasteiger partial charge is 0.250 e. The zero-order valence-corrected chi connectivity index (χ0v) is 19.1. The van der Waals surface area contributed by atoms with Crippen molar-refractivity contribution in [2.45, 2.75) is 82.8 Å². The van der Waals surface area contributed by atoms with E-state index in [4.69, 9.17) is 9.47 Å². The van der Waals surface area contributed by atoms with E-state index in [2.05, 4.69) is 6.92 Å². The van der Waals surface area contributed by atoms with Crippen LogP contribution in [0.15, 0.2) is 18.2 Å². The molecule has 0 N–H and O–H groups in total. The minimum atomic E-state index is -0.580. The molecule has 3 aliphatic rings. The molecular weight excluding hydrogens is 392 g/mol. The number of ether oxygens (including phenoxy) is 2. The van der Waals surface area contributed by atoms with Crippen LogP contribution in [-0.2, 0) is 9.59 Å². The van der Waals surface area contributed by atoms with Crippen LogP contribution < -0.4 is 9.47 Å². The van der Waals surface area contributed by atoms with Gasteiger partial charge >= 0.3 is 0 Å². The van der Waals surface area contributed by atoms with Crippen LogP contribution in [0.1, 0.15) is 76.3 Å². The Morgan fingerprint density at radius 2 is 1.52 bits per heavy atom. The molecular formula is C25H36N2O4. The van der Waals surface area contributed by atoms with Crippen LogP contribution in [0.5, 0.6) is 11.5 Å². The Morgan fingerprint density at radius 1 is 0.839 bits per heavy atom. The molecule has 0 spiro atoms. The fourth-order valence-electron chi connectivity index (χ4n) is 5.69. The Hall–Kier alpha value is -2.24. The normalized spacial score (nSPS) is 28.0. The van der Waals surface area contributed by atoms with Crippen molar-refractivity contribution in [1.82, 2.24) is 9.80 Å². The SMILES string of the molecule is COc1ccc([C@@H]2C(=O)N(C3CCC(C)CC3)CC(=O)N2C2CCCCC2)cc1OC. The predicted molar refractivity (Wildman–Crippen MR) is 119 cm³/mol. The third-order valence-electron chi connectivity index (χ3n) is 7.51. The van der Waals surface area contributed by atoms with Gasteiger partial charge in [-0.3, -0.25) is 9.59 Å². The minimum absolute atomic E-state index is 0.0666. The first-order valence-electron chi connectivity index (χ1n) is 11.9. The van der Waals surface area contributed by atoms with Crippen molar-refractivity contribution in [3.05, 3.63) is 23.8 Å². The fraction of sp³-hybridized carbons (Fsp3) is 0.680. The summed E-state index contributed by atoms with van der Waals surface area (Å²) in [5.74, 6) is 2.07. The number of nitrogens with zero attached hydrogens (tertiary/aromatic N) is 2. The Kier molecular flexibility index (Phi) is 6.73. The monoisotopic (exact) mass is 428 g/mol. The molecule has 1 saturated heterocycles. The molecule has 6 heteroatoms. The van der Waals surface area contributed by atoms with Gasteiger partial charge in [0.25, 0.3) is 5.91 Å². The topological polar surface area (TPSA) is 59.1 Å². The molecule has 170 valence electrons. The Labute approximate surface area is 185 Å². The third-order valence-corrected chi connectivity index (χ3v) is 7.51. The van der Waals surface area contributed by atoms with Gasteiger partial charge in [0, 0.05) is 12.1 Å². The van der Waals surface area contributed by atoms with Crippen LogP contribution in [-0.4, -0.2) is 54.5 Å². The average molecular weight is 429 g/mol. The van der Waals surface area contributed by atoms with E-state index in [-0.39, 0.29) is 30.4 Å². The van der Waals surface area contributed by atoms with Crippen LogP contribution in [0.3, 0.4) is 0 Å². The summed E-state index contributed by atoms with van der Waals surface area (Å²) in [6.45, 7) is 2.49. The number of hydrogen-bond donors (Lipinski definition) is 0. The lowest BCUT2D eigenvalue weighted by atomic mass is 9.85. The lowest BCUT2D eigenvalue weighted by Gasteiger charge is -2.48. The number of rotatable bonds is 5. The number of piperazine rings is 1. The third kappa shape index (κ3) is 4.39. The zero-order valence-electron chi connectivity index (χ0n) is 19.1. The first-order valence-corrected chi connectivity index (χ1v) is 11.9. The first kappa shape index (κ1) is 22.0. The van der Waals surface area contributed by atoms with Crippen molar-refractivity contribution in [3.8, 4) is 11.5 Å². The second-order valence-electron chi connectivity index (χ2n) is 9.49. The van der Waals surface area contributed by atoms with Gasteiger partial charge in [-0.25, -0.2) is 0 Å². The number of benzene rings is 1. The minimum Gasteiger partial charge on any atom is -0.493 e. The predicted octanol–water partition coefficient (Wildman–Crippen LogP) is 4.33. The maximum atomic E-state index is 13.9. The number of carbonyl (C=O) groups excluding carboxylic acids is 2. The van der Waals surface area contributed by atoms with E-state index < -0.39 is 6.04 Å². The van der Waals surface area contributed by atoms with Gasteiger partial charge in [-0.15, -0.1) is 0 Å². The van der Waals surface area contributed by atoms with E-state index >= 15 is 0 Å². The molecule has 2 aliphatic carbocycles. The van der Waals surface area contributed by atoms with E-state index in [9.17, 15) is 9.59 Å². The van der Waals surface area contributed by atoms with Gasteiger partial charge in [0.15, 0.2) is 11.5 Å². The van der Waals surface area contributed by atoms with Crippen molar-refractivity contribution < 1.29 is 19.1 Å². The van der Waals surface area contributed by atoms with Crippen molar-refractivity contribution in [2.24, 2.45) is 5.92 Å². The molecule has 0 unspecified atom stereocenters. The van der Waals surface area contributed by atoms with Crippen LogP contribution in [0.25, 0.3) is 0 Å². The molecule has 1 aromatic carbocycles. The molecule has 1 aliphatic heterocycles. The molecule has 2 saturated carbocycles. The molecule has 6 nitrogen and oxygen atoms in total. The van der Waals surface area contributed by atoms with Gasteiger partial charge in [-0.2, -0.15) is 0 Å². The first-order chi connectivity index (χ1) is 15.0. The Morgan fingerprint density at radius 3 is 2.16 bits per heavy atom. The molecule has 0 aromatic heterocycles. The summed E-state index contributed by atoms with van der Waals surface area (Å²) < 4.78 is 10.9. The molecule has 0 bridgehead atoms. The van der Waals surface area contributed by atoms with Crippen LogP contribution in [0.4, 0.5) is 0 Å². The molecule has 1 heterocycles. The van der Waals surface area contributed by atoms with Crippen LogP contribution in [0.2, 0.25) is 0 Å². The van der Waals surface area contributed by atoms with E-state index in [1.807, 2.05) is 28.0 Å². The highest BCUT2D eigenvalue weighted by molar-refractivity contribution is 5.96. The lowest BCUT2D eigenvalue weighted by Crippen LogP contribution is -2.61. The lowest BCUT2D eigenvalue weighted by molar-refractivity contribution is -0.162. The van der Waals surface area contributed by atoms with E-state index in [1.54, 1.807) is 14.2 Å². The van der Waals surface area contributed by atoms with Gasteiger partial charge in [-0.1, -0.05) is 32.3 Å². The summed E-state index contributed by atoms with van der Waals surface area (Å²) in [4.78, 5) is 31.2. The van der Waals surface area contributed by atoms with Gasteiger partial charge in [0.2, 0.25) is 5.91 Å².